The van der Waals surface area contributed by atoms with E-state index >= 15 is 0 Å². The van der Waals surface area contributed by atoms with E-state index in [1.165, 1.54) is 0 Å². The Balaban J connectivity index is 2.28. The van der Waals surface area contributed by atoms with Crippen molar-refractivity contribution in [3.8, 4) is 0 Å². The number of amides is 1. The highest BCUT2D eigenvalue weighted by atomic mass is 32.2. The molecule has 0 aromatic rings. The van der Waals surface area contributed by atoms with E-state index in [9.17, 15) is 26.4 Å². The molecule has 0 radical (unpaired) electrons. The molecular weight excluding hydrogens is 334 g/mol. The molecule has 0 aliphatic carbocycles. The van der Waals surface area contributed by atoms with Crippen molar-refractivity contribution in [2.75, 3.05) is 30.9 Å². The number of ether oxygens (including phenoxy) is 1. The summed E-state index contributed by atoms with van der Waals surface area (Å²) in [6, 6.07) is -1.27. The van der Waals surface area contributed by atoms with E-state index in [4.69, 9.17) is 0 Å². The molecule has 0 aromatic carbocycles. The van der Waals surface area contributed by atoms with E-state index in [1.54, 1.807) is 0 Å². The molecule has 2 heterocycles. The molecule has 2 aliphatic rings. The zero-order chi connectivity index (χ0) is 16.5. The lowest BCUT2D eigenvalue weighted by Crippen LogP contribution is -2.58. The van der Waals surface area contributed by atoms with Gasteiger partial charge in [-0.2, -0.15) is 0 Å². The standard InChI is InChI=1S/C12H19NO7S2/c1-20-12(15)9-8-21(16,17)7-5-13(9)11(14)10-4-2-3-6-22(10,18)19/h9-10H,2-8H2,1H3. The van der Waals surface area contributed by atoms with Gasteiger partial charge in [-0.25, -0.2) is 21.6 Å². The number of rotatable bonds is 2. The molecule has 10 heteroatoms. The number of carbonyl (C=O) groups is 2. The van der Waals surface area contributed by atoms with Gasteiger partial charge in [0.05, 0.1) is 24.4 Å². The average molecular weight is 353 g/mol. The molecule has 2 aliphatic heterocycles. The Labute approximate surface area is 129 Å². The fourth-order valence-electron chi connectivity index (χ4n) is 2.82. The molecule has 0 aromatic heterocycles. The van der Waals surface area contributed by atoms with Gasteiger partial charge in [0.25, 0.3) is 0 Å². The van der Waals surface area contributed by atoms with Crippen molar-refractivity contribution in [3.05, 3.63) is 0 Å². The summed E-state index contributed by atoms with van der Waals surface area (Å²) < 4.78 is 52.0. The van der Waals surface area contributed by atoms with Crippen LogP contribution in [-0.2, 0) is 34.0 Å². The predicted octanol–water partition coefficient (Wildman–Crippen LogP) is -1.25. The summed E-state index contributed by atoms with van der Waals surface area (Å²) in [5.74, 6) is -2.40. The molecule has 2 atom stereocenters. The molecule has 0 saturated carbocycles. The molecule has 2 fully saturated rings. The maximum absolute atomic E-state index is 12.6. The number of hydrogen-bond donors (Lipinski definition) is 0. The third-order valence-electron chi connectivity index (χ3n) is 4.04. The highest BCUT2D eigenvalue weighted by molar-refractivity contribution is 7.92. The SMILES string of the molecule is COC(=O)C1CS(=O)(=O)CCN1C(=O)C1CCCCS1(=O)=O. The van der Waals surface area contributed by atoms with Crippen molar-refractivity contribution in [1.82, 2.24) is 4.90 Å². The van der Waals surface area contributed by atoms with E-state index in [0.29, 0.717) is 12.8 Å². The molecule has 0 spiro atoms. The van der Waals surface area contributed by atoms with E-state index in [1.807, 2.05) is 0 Å². The molecule has 2 saturated heterocycles. The maximum atomic E-state index is 12.6. The first kappa shape index (κ1) is 17.2. The summed E-state index contributed by atoms with van der Waals surface area (Å²) in [5.41, 5.74) is 0. The van der Waals surface area contributed by atoms with E-state index < -0.39 is 48.6 Å². The van der Waals surface area contributed by atoms with Crippen LogP contribution >= 0.6 is 0 Å². The van der Waals surface area contributed by atoms with E-state index in [0.717, 1.165) is 12.0 Å². The lowest BCUT2D eigenvalue weighted by Gasteiger charge is -2.36. The molecule has 2 unspecified atom stereocenters. The topological polar surface area (TPSA) is 115 Å². The summed E-state index contributed by atoms with van der Waals surface area (Å²) in [6.07, 6.45) is 1.34. The number of nitrogens with zero attached hydrogens (tertiary/aromatic N) is 1. The zero-order valence-electron chi connectivity index (χ0n) is 12.2. The van der Waals surface area contributed by atoms with Gasteiger partial charge in [-0.05, 0) is 12.8 Å². The van der Waals surface area contributed by atoms with Crippen molar-refractivity contribution < 1.29 is 31.2 Å². The predicted molar refractivity (Wildman–Crippen MR) is 77.6 cm³/mol. The molecule has 0 N–H and O–H groups in total. The minimum absolute atomic E-state index is 0.0571. The summed E-state index contributed by atoms with van der Waals surface area (Å²) in [7, 11) is -5.91. The molecular formula is C12H19NO7S2. The van der Waals surface area contributed by atoms with Crippen molar-refractivity contribution in [1.29, 1.82) is 0 Å². The van der Waals surface area contributed by atoms with Crippen molar-refractivity contribution in [3.63, 3.8) is 0 Å². The normalized spacial score (nSPS) is 30.5. The van der Waals surface area contributed by atoms with Crippen LogP contribution in [0.3, 0.4) is 0 Å². The van der Waals surface area contributed by atoms with Gasteiger partial charge >= 0.3 is 5.97 Å². The third-order valence-corrected chi connectivity index (χ3v) is 7.83. The van der Waals surface area contributed by atoms with Crippen LogP contribution < -0.4 is 0 Å². The fraction of sp³-hybridized carbons (Fsp3) is 0.833. The van der Waals surface area contributed by atoms with Gasteiger partial charge in [0.15, 0.2) is 19.7 Å². The first-order valence-electron chi connectivity index (χ1n) is 6.98. The van der Waals surface area contributed by atoms with Gasteiger partial charge in [0.2, 0.25) is 5.91 Å². The Kier molecular flexibility index (Phi) is 4.81. The van der Waals surface area contributed by atoms with Gasteiger partial charge in [-0.3, -0.25) is 4.79 Å². The highest BCUT2D eigenvalue weighted by Gasteiger charge is 2.45. The van der Waals surface area contributed by atoms with Crippen LogP contribution in [0.5, 0.6) is 0 Å². The number of sulfone groups is 2. The average Bonchev–Trinajstić information content (AvgIpc) is 2.44. The zero-order valence-corrected chi connectivity index (χ0v) is 13.9. The van der Waals surface area contributed by atoms with E-state index in [2.05, 4.69) is 4.74 Å². The summed E-state index contributed by atoms with van der Waals surface area (Å²) in [4.78, 5) is 25.4. The molecule has 22 heavy (non-hydrogen) atoms. The van der Waals surface area contributed by atoms with Crippen LogP contribution in [-0.4, -0.2) is 75.8 Å². The first-order valence-corrected chi connectivity index (χ1v) is 10.5. The van der Waals surface area contributed by atoms with Gasteiger partial charge in [-0.15, -0.1) is 0 Å². The summed E-state index contributed by atoms with van der Waals surface area (Å²) >= 11 is 0. The first-order chi connectivity index (χ1) is 10.2. The van der Waals surface area contributed by atoms with Gasteiger partial charge in [0.1, 0.15) is 11.3 Å². The Morgan fingerprint density at radius 2 is 1.77 bits per heavy atom. The van der Waals surface area contributed by atoms with Crippen molar-refractivity contribution >= 4 is 31.6 Å². The number of hydrogen-bond acceptors (Lipinski definition) is 7. The summed E-state index contributed by atoms with van der Waals surface area (Å²) in [5, 5.41) is -1.19. The Bertz CT molecular complexity index is 668. The monoisotopic (exact) mass is 353 g/mol. The number of methoxy groups -OCH3 is 1. The van der Waals surface area contributed by atoms with Gasteiger partial charge < -0.3 is 9.64 Å². The highest BCUT2D eigenvalue weighted by Crippen LogP contribution is 2.24. The number of carbonyl (C=O) groups excluding carboxylic acids is 2. The lowest BCUT2D eigenvalue weighted by molar-refractivity contribution is -0.151. The van der Waals surface area contributed by atoms with Gasteiger partial charge in [0, 0.05) is 6.54 Å². The Hall–Kier alpha value is -1.16. The lowest BCUT2D eigenvalue weighted by atomic mass is 10.1. The van der Waals surface area contributed by atoms with Crippen LogP contribution in [0, 0.1) is 0 Å². The van der Waals surface area contributed by atoms with Crippen molar-refractivity contribution in [2.45, 2.75) is 30.6 Å². The molecule has 1 amide bonds. The largest absolute Gasteiger partial charge is 0.467 e. The minimum atomic E-state index is -3.55. The van der Waals surface area contributed by atoms with Crippen molar-refractivity contribution in [2.24, 2.45) is 0 Å². The van der Waals surface area contributed by atoms with Gasteiger partial charge in [-0.1, -0.05) is 6.42 Å². The van der Waals surface area contributed by atoms with Crippen LogP contribution in [0.2, 0.25) is 0 Å². The molecule has 8 nitrogen and oxygen atoms in total. The van der Waals surface area contributed by atoms with Crippen LogP contribution in [0.4, 0.5) is 0 Å². The maximum Gasteiger partial charge on any atom is 0.329 e. The van der Waals surface area contributed by atoms with Crippen LogP contribution in [0.25, 0.3) is 0 Å². The second-order valence-electron chi connectivity index (χ2n) is 5.54. The molecule has 126 valence electrons. The second kappa shape index (κ2) is 6.15. The fourth-order valence-corrected chi connectivity index (χ4v) is 6.12. The van der Waals surface area contributed by atoms with E-state index in [-0.39, 0.29) is 24.5 Å². The summed E-state index contributed by atoms with van der Waals surface area (Å²) in [6.45, 7) is -0.188. The quantitative estimate of drug-likeness (QED) is 0.570. The van der Waals surface area contributed by atoms with Crippen LogP contribution in [0.1, 0.15) is 19.3 Å². The number of esters is 1. The third kappa shape index (κ3) is 3.43. The van der Waals surface area contributed by atoms with Crippen LogP contribution in [0.15, 0.2) is 0 Å². The smallest absolute Gasteiger partial charge is 0.329 e. The Morgan fingerprint density at radius 3 is 2.36 bits per heavy atom. The minimum Gasteiger partial charge on any atom is -0.467 e. The second-order valence-corrected chi connectivity index (χ2v) is 10.1. The molecule has 2 rings (SSSR count). The Morgan fingerprint density at radius 1 is 1.09 bits per heavy atom. The molecule has 0 bridgehead atoms.